The summed E-state index contributed by atoms with van der Waals surface area (Å²) in [5.74, 6) is 0.0732. The summed E-state index contributed by atoms with van der Waals surface area (Å²) in [5.41, 5.74) is 0.787. The number of halogens is 2. The molecular formula is C31H29Cl2N3O5S. The average Bonchev–Trinajstić information content (AvgIpc) is 3.00. The Kier molecular flexibility index (Phi) is 10.1. The van der Waals surface area contributed by atoms with Crippen LogP contribution in [0.5, 0.6) is 11.5 Å². The Morgan fingerprint density at radius 2 is 1.45 bits per heavy atom. The number of carbonyl (C=O) groups is 2. The summed E-state index contributed by atoms with van der Waals surface area (Å²) in [6.07, 6.45) is 0. The smallest absolute Gasteiger partial charge is 0.264 e. The van der Waals surface area contributed by atoms with E-state index in [0.29, 0.717) is 27.1 Å². The summed E-state index contributed by atoms with van der Waals surface area (Å²) in [7, 11) is -2.73. The van der Waals surface area contributed by atoms with Crippen molar-refractivity contribution in [3.63, 3.8) is 0 Å². The van der Waals surface area contributed by atoms with Crippen molar-refractivity contribution in [1.82, 2.24) is 10.2 Å². The number of nitrogens with one attached hydrogen (secondary N) is 1. The van der Waals surface area contributed by atoms with E-state index in [1.807, 2.05) is 18.2 Å². The van der Waals surface area contributed by atoms with Crippen LogP contribution in [-0.4, -0.2) is 44.8 Å². The highest BCUT2D eigenvalue weighted by molar-refractivity contribution is 7.92. The number of sulfonamides is 1. The molecule has 42 heavy (non-hydrogen) atoms. The van der Waals surface area contributed by atoms with E-state index in [0.717, 1.165) is 4.31 Å². The van der Waals surface area contributed by atoms with Gasteiger partial charge in [0.1, 0.15) is 24.1 Å². The second kappa shape index (κ2) is 13.7. The predicted octanol–water partition coefficient (Wildman–Crippen LogP) is 6.14. The van der Waals surface area contributed by atoms with Crippen LogP contribution in [-0.2, 0) is 26.2 Å². The van der Waals surface area contributed by atoms with Crippen molar-refractivity contribution >= 4 is 50.7 Å². The fourth-order valence-corrected chi connectivity index (χ4v) is 6.08. The predicted molar refractivity (Wildman–Crippen MR) is 164 cm³/mol. The van der Waals surface area contributed by atoms with Crippen LogP contribution in [0.4, 0.5) is 5.69 Å². The first-order valence-corrected chi connectivity index (χ1v) is 15.2. The van der Waals surface area contributed by atoms with Gasteiger partial charge in [0.25, 0.3) is 10.0 Å². The lowest BCUT2D eigenvalue weighted by Crippen LogP contribution is -2.50. The number of rotatable bonds is 11. The normalized spacial score (nSPS) is 11.8. The first-order chi connectivity index (χ1) is 20.1. The summed E-state index contributed by atoms with van der Waals surface area (Å²) < 4.78 is 34.6. The molecule has 0 unspecified atom stereocenters. The first kappa shape index (κ1) is 30.9. The lowest BCUT2D eigenvalue weighted by atomic mass is 10.1. The van der Waals surface area contributed by atoms with Crippen molar-refractivity contribution in [2.75, 3.05) is 17.9 Å². The zero-order valence-corrected chi connectivity index (χ0v) is 25.2. The third-order valence-corrected chi connectivity index (χ3v) is 8.86. The Balaban J connectivity index is 1.70. The Morgan fingerprint density at radius 1 is 0.857 bits per heavy atom. The molecule has 2 amide bonds. The zero-order valence-electron chi connectivity index (χ0n) is 22.9. The minimum atomic E-state index is -4.19. The Bertz CT molecular complexity index is 1640. The van der Waals surface area contributed by atoms with Gasteiger partial charge in [0.2, 0.25) is 11.8 Å². The maximum atomic E-state index is 13.9. The number of hydrogen-bond donors (Lipinski definition) is 1. The number of amides is 2. The molecule has 1 N–H and O–H groups in total. The van der Waals surface area contributed by atoms with Gasteiger partial charge >= 0.3 is 0 Å². The van der Waals surface area contributed by atoms with Gasteiger partial charge in [-0.15, -0.1) is 0 Å². The minimum absolute atomic E-state index is 0.00839. The van der Waals surface area contributed by atoms with Crippen LogP contribution in [0.2, 0.25) is 10.0 Å². The maximum absolute atomic E-state index is 13.9. The number of anilines is 1. The monoisotopic (exact) mass is 625 g/mol. The Labute approximate surface area is 255 Å². The third-order valence-electron chi connectivity index (χ3n) is 6.48. The molecule has 0 saturated carbocycles. The highest BCUT2D eigenvalue weighted by Crippen LogP contribution is 2.29. The van der Waals surface area contributed by atoms with Crippen LogP contribution in [0.1, 0.15) is 12.5 Å². The molecule has 1 atom stereocenters. The average molecular weight is 627 g/mol. The molecule has 0 bridgehead atoms. The van der Waals surface area contributed by atoms with E-state index in [4.69, 9.17) is 27.9 Å². The molecule has 218 valence electrons. The van der Waals surface area contributed by atoms with Crippen LogP contribution in [0.15, 0.2) is 108 Å². The molecule has 4 aromatic carbocycles. The first-order valence-electron chi connectivity index (χ1n) is 13.0. The van der Waals surface area contributed by atoms with Crippen molar-refractivity contribution in [2.45, 2.75) is 24.4 Å². The zero-order chi connectivity index (χ0) is 30.3. The lowest BCUT2D eigenvalue weighted by Gasteiger charge is -2.32. The van der Waals surface area contributed by atoms with Crippen molar-refractivity contribution in [1.29, 1.82) is 0 Å². The Hall–Kier alpha value is -4.05. The SMILES string of the molecule is CNC(=O)[C@H](C)N(Cc1ccc(Cl)cc1Cl)C(=O)CN(c1ccc(Oc2ccccc2)cc1)S(=O)(=O)c1ccccc1. The van der Waals surface area contributed by atoms with Gasteiger partial charge in [0.05, 0.1) is 10.6 Å². The molecule has 8 nitrogen and oxygen atoms in total. The molecule has 0 spiro atoms. The second-order valence-corrected chi connectivity index (χ2v) is 12.0. The maximum Gasteiger partial charge on any atom is 0.264 e. The fourth-order valence-electron chi connectivity index (χ4n) is 4.18. The number of para-hydroxylation sites is 1. The molecule has 0 aliphatic heterocycles. The van der Waals surface area contributed by atoms with Crippen LogP contribution >= 0.6 is 23.2 Å². The van der Waals surface area contributed by atoms with Crippen LogP contribution in [0.25, 0.3) is 0 Å². The number of nitrogens with zero attached hydrogens (tertiary/aromatic N) is 2. The Morgan fingerprint density at radius 3 is 2.05 bits per heavy atom. The molecule has 11 heteroatoms. The standard InChI is InChI=1S/C31H29Cl2N3O5S/c1-22(31(38)34-2)35(20-23-13-14-24(32)19-29(23)33)30(37)21-36(42(39,40)28-11-7-4-8-12-28)25-15-17-27(18-16-25)41-26-9-5-3-6-10-26/h3-19,22H,20-21H2,1-2H3,(H,34,38)/t22-/m0/s1. The lowest BCUT2D eigenvalue weighted by molar-refractivity contribution is -0.139. The van der Waals surface area contributed by atoms with E-state index in [1.54, 1.807) is 73.7 Å². The van der Waals surface area contributed by atoms with Gasteiger partial charge in [-0.05, 0) is 73.2 Å². The number of benzene rings is 4. The minimum Gasteiger partial charge on any atom is -0.457 e. The molecule has 0 aliphatic rings. The third kappa shape index (κ3) is 7.42. The van der Waals surface area contributed by atoms with Crippen LogP contribution in [0, 0.1) is 0 Å². The molecule has 0 heterocycles. The van der Waals surface area contributed by atoms with Crippen molar-refractivity contribution < 1.29 is 22.7 Å². The second-order valence-electron chi connectivity index (χ2n) is 9.28. The molecule has 0 radical (unpaired) electrons. The summed E-state index contributed by atoms with van der Waals surface area (Å²) in [6, 6.07) is 27.2. The number of carbonyl (C=O) groups excluding carboxylic acids is 2. The van der Waals surface area contributed by atoms with Gasteiger partial charge in [-0.3, -0.25) is 13.9 Å². The van der Waals surface area contributed by atoms with Gasteiger partial charge in [-0.25, -0.2) is 8.42 Å². The largest absolute Gasteiger partial charge is 0.457 e. The van der Waals surface area contributed by atoms with Crippen molar-refractivity contribution in [3.05, 3.63) is 119 Å². The quantitative estimate of drug-likeness (QED) is 0.216. The summed E-state index contributed by atoms with van der Waals surface area (Å²) in [4.78, 5) is 27.8. The van der Waals surface area contributed by atoms with E-state index in [-0.39, 0.29) is 17.1 Å². The van der Waals surface area contributed by atoms with E-state index in [2.05, 4.69) is 5.32 Å². The molecule has 4 aromatic rings. The highest BCUT2D eigenvalue weighted by Gasteiger charge is 2.32. The van der Waals surface area contributed by atoms with Crippen molar-refractivity contribution in [3.8, 4) is 11.5 Å². The van der Waals surface area contributed by atoms with Gasteiger partial charge in [0, 0.05) is 23.6 Å². The highest BCUT2D eigenvalue weighted by atomic mass is 35.5. The number of ether oxygens (including phenoxy) is 1. The molecule has 0 aromatic heterocycles. The fraction of sp³-hybridized carbons (Fsp3) is 0.161. The molecule has 0 saturated heterocycles. The molecule has 0 fully saturated rings. The summed E-state index contributed by atoms with van der Waals surface area (Å²) >= 11 is 12.4. The van der Waals surface area contributed by atoms with Crippen LogP contribution in [0.3, 0.4) is 0 Å². The summed E-state index contributed by atoms with van der Waals surface area (Å²) in [5, 5.41) is 3.27. The summed E-state index contributed by atoms with van der Waals surface area (Å²) in [6.45, 7) is 0.932. The molecule has 4 rings (SSSR count). The topological polar surface area (TPSA) is 96.0 Å². The number of likely N-dealkylation sites (N-methyl/N-ethyl adjacent to an activating group) is 1. The van der Waals surface area contributed by atoms with E-state index < -0.39 is 34.4 Å². The van der Waals surface area contributed by atoms with E-state index in [9.17, 15) is 18.0 Å². The van der Waals surface area contributed by atoms with Gasteiger partial charge in [-0.1, -0.05) is 65.7 Å². The number of hydrogen-bond acceptors (Lipinski definition) is 5. The van der Waals surface area contributed by atoms with E-state index in [1.165, 1.54) is 30.1 Å². The van der Waals surface area contributed by atoms with Gasteiger partial charge in [-0.2, -0.15) is 0 Å². The van der Waals surface area contributed by atoms with Crippen LogP contribution < -0.4 is 14.4 Å². The van der Waals surface area contributed by atoms with Gasteiger partial charge < -0.3 is 15.0 Å². The van der Waals surface area contributed by atoms with E-state index >= 15 is 0 Å². The molecule has 0 aliphatic carbocycles. The molecular weight excluding hydrogens is 597 g/mol. The van der Waals surface area contributed by atoms with Gasteiger partial charge in [0.15, 0.2) is 0 Å². The van der Waals surface area contributed by atoms with Crippen molar-refractivity contribution in [2.24, 2.45) is 0 Å².